The molecule has 1 amide bonds. The number of aromatic carboxylic acids is 1. The van der Waals surface area contributed by atoms with E-state index in [1.807, 2.05) is 0 Å². The first-order valence-electron chi connectivity index (χ1n) is 6.06. The molecule has 108 valence electrons. The van der Waals surface area contributed by atoms with Gasteiger partial charge in [-0.25, -0.2) is 9.18 Å². The van der Waals surface area contributed by atoms with E-state index in [-0.39, 0.29) is 5.69 Å². The van der Waals surface area contributed by atoms with Crippen molar-refractivity contribution in [3.05, 3.63) is 65.5 Å². The van der Waals surface area contributed by atoms with Gasteiger partial charge in [-0.1, -0.05) is 30.3 Å². The lowest BCUT2D eigenvalue weighted by Crippen LogP contribution is -2.21. The molecule has 0 radical (unpaired) electrons. The minimum absolute atomic E-state index is 0.0671. The van der Waals surface area contributed by atoms with Crippen molar-refractivity contribution < 1.29 is 24.2 Å². The van der Waals surface area contributed by atoms with Gasteiger partial charge in [0, 0.05) is 5.69 Å². The smallest absolute Gasteiger partial charge is 0.338 e. The number of hydrogen-bond acceptors (Lipinski definition) is 3. The highest BCUT2D eigenvalue weighted by Gasteiger charge is 2.18. The van der Waals surface area contributed by atoms with Crippen LogP contribution in [0, 0.1) is 5.82 Å². The van der Waals surface area contributed by atoms with Crippen LogP contribution in [0.2, 0.25) is 0 Å². The van der Waals surface area contributed by atoms with E-state index in [0.717, 1.165) is 12.1 Å². The van der Waals surface area contributed by atoms with E-state index in [0.29, 0.717) is 5.56 Å². The Morgan fingerprint density at radius 1 is 1.10 bits per heavy atom. The number of carboxylic acids is 1. The van der Waals surface area contributed by atoms with Crippen LogP contribution in [0.25, 0.3) is 0 Å². The SMILES string of the molecule is O=C(O)c1ccc(NC(=O)C(O)c2ccccc2)cc1F. The summed E-state index contributed by atoms with van der Waals surface area (Å²) in [7, 11) is 0. The normalized spacial score (nSPS) is 11.7. The van der Waals surface area contributed by atoms with Crippen molar-refractivity contribution in [1.82, 2.24) is 0 Å². The number of carbonyl (C=O) groups is 2. The van der Waals surface area contributed by atoms with Crippen LogP contribution in [-0.2, 0) is 4.79 Å². The Balaban J connectivity index is 2.13. The van der Waals surface area contributed by atoms with Crippen molar-refractivity contribution in [3.63, 3.8) is 0 Å². The molecule has 0 heterocycles. The Morgan fingerprint density at radius 2 is 1.76 bits per heavy atom. The molecule has 2 rings (SSSR count). The summed E-state index contributed by atoms with van der Waals surface area (Å²) in [6, 6.07) is 11.4. The van der Waals surface area contributed by atoms with E-state index < -0.39 is 29.4 Å². The van der Waals surface area contributed by atoms with Crippen LogP contribution in [0.3, 0.4) is 0 Å². The van der Waals surface area contributed by atoms with E-state index in [2.05, 4.69) is 5.32 Å². The topological polar surface area (TPSA) is 86.6 Å². The number of amides is 1. The van der Waals surface area contributed by atoms with Gasteiger partial charge >= 0.3 is 5.97 Å². The molecule has 0 bridgehead atoms. The molecule has 0 aliphatic rings. The number of hydrogen-bond donors (Lipinski definition) is 3. The third-order valence-electron chi connectivity index (χ3n) is 2.83. The van der Waals surface area contributed by atoms with Crippen molar-refractivity contribution in [2.75, 3.05) is 5.32 Å². The summed E-state index contributed by atoms with van der Waals surface area (Å²) in [5, 5.41) is 20.9. The van der Waals surface area contributed by atoms with E-state index in [4.69, 9.17) is 5.11 Å². The molecule has 0 saturated heterocycles. The van der Waals surface area contributed by atoms with Gasteiger partial charge in [0.2, 0.25) is 0 Å². The molecule has 1 atom stereocenters. The maximum absolute atomic E-state index is 13.5. The highest BCUT2D eigenvalue weighted by molar-refractivity contribution is 5.95. The Bertz CT molecular complexity index is 673. The summed E-state index contributed by atoms with van der Waals surface area (Å²) in [5.41, 5.74) is -0.0216. The number of nitrogens with one attached hydrogen (secondary N) is 1. The first-order chi connectivity index (χ1) is 9.99. The van der Waals surface area contributed by atoms with Crippen molar-refractivity contribution in [2.45, 2.75) is 6.10 Å². The molecule has 0 fully saturated rings. The molecule has 0 aromatic heterocycles. The quantitative estimate of drug-likeness (QED) is 0.805. The first-order valence-corrected chi connectivity index (χ1v) is 6.06. The van der Waals surface area contributed by atoms with Gasteiger partial charge in [0.1, 0.15) is 5.82 Å². The molecule has 3 N–H and O–H groups in total. The summed E-state index contributed by atoms with van der Waals surface area (Å²) < 4.78 is 13.5. The van der Waals surface area contributed by atoms with Crippen LogP contribution in [0.4, 0.5) is 10.1 Å². The van der Waals surface area contributed by atoms with Crippen LogP contribution < -0.4 is 5.32 Å². The summed E-state index contributed by atoms with van der Waals surface area (Å²) in [6.07, 6.45) is -1.39. The minimum atomic E-state index is -1.39. The van der Waals surface area contributed by atoms with Crippen molar-refractivity contribution in [2.24, 2.45) is 0 Å². The van der Waals surface area contributed by atoms with Crippen molar-refractivity contribution in [1.29, 1.82) is 0 Å². The number of aliphatic hydroxyl groups excluding tert-OH is 1. The Morgan fingerprint density at radius 3 is 2.33 bits per heavy atom. The zero-order valence-electron chi connectivity index (χ0n) is 10.8. The lowest BCUT2D eigenvalue weighted by Gasteiger charge is -2.12. The molecule has 0 aliphatic carbocycles. The molecule has 0 saturated carbocycles. The van der Waals surface area contributed by atoms with E-state index >= 15 is 0 Å². The Hall–Kier alpha value is -2.73. The number of rotatable bonds is 4. The number of benzene rings is 2. The van der Waals surface area contributed by atoms with Crippen LogP contribution >= 0.6 is 0 Å². The van der Waals surface area contributed by atoms with E-state index in [9.17, 15) is 19.1 Å². The van der Waals surface area contributed by atoms with Crippen molar-refractivity contribution in [3.8, 4) is 0 Å². The van der Waals surface area contributed by atoms with Crippen LogP contribution in [0.15, 0.2) is 48.5 Å². The lowest BCUT2D eigenvalue weighted by molar-refractivity contribution is -0.124. The summed E-state index contributed by atoms with van der Waals surface area (Å²) >= 11 is 0. The average Bonchev–Trinajstić information content (AvgIpc) is 2.47. The van der Waals surface area contributed by atoms with Gasteiger partial charge in [-0.2, -0.15) is 0 Å². The predicted molar refractivity (Wildman–Crippen MR) is 73.4 cm³/mol. The molecule has 6 heteroatoms. The van der Waals surface area contributed by atoms with Crippen LogP contribution in [0.5, 0.6) is 0 Å². The standard InChI is InChI=1S/C15H12FNO4/c16-12-8-10(6-7-11(12)15(20)21)17-14(19)13(18)9-4-2-1-3-5-9/h1-8,13,18H,(H,17,19)(H,20,21). The maximum Gasteiger partial charge on any atom is 0.338 e. The molecular formula is C15H12FNO4. The van der Waals surface area contributed by atoms with Gasteiger partial charge in [-0.3, -0.25) is 4.79 Å². The van der Waals surface area contributed by atoms with Gasteiger partial charge in [-0.05, 0) is 23.8 Å². The number of carbonyl (C=O) groups excluding carboxylic acids is 1. The van der Waals surface area contributed by atoms with Gasteiger partial charge in [0.25, 0.3) is 5.91 Å². The second-order valence-electron chi connectivity index (χ2n) is 4.30. The van der Waals surface area contributed by atoms with Crippen LogP contribution in [-0.4, -0.2) is 22.1 Å². The van der Waals surface area contributed by atoms with E-state index in [1.165, 1.54) is 6.07 Å². The number of carboxylic acid groups (broad SMARTS) is 1. The van der Waals surface area contributed by atoms with E-state index in [1.54, 1.807) is 30.3 Å². The second kappa shape index (κ2) is 6.15. The molecule has 21 heavy (non-hydrogen) atoms. The summed E-state index contributed by atoms with van der Waals surface area (Å²) in [5.74, 6) is -3.09. The lowest BCUT2D eigenvalue weighted by atomic mass is 10.1. The van der Waals surface area contributed by atoms with Gasteiger partial charge in [0.15, 0.2) is 6.10 Å². The summed E-state index contributed by atoms with van der Waals surface area (Å²) in [6.45, 7) is 0. The molecule has 1 unspecified atom stereocenters. The Labute approximate surface area is 119 Å². The zero-order valence-corrected chi connectivity index (χ0v) is 10.8. The molecule has 2 aromatic rings. The highest BCUT2D eigenvalue weighted by Crippen LogP contribution is 2.18. The molecule has 0 spiro atoms. The highest BCUT2D eigenvalue weighted by atomic mass is 19.1. The number of anilines is 1. The predicted octanol–water partition coefficient (Wildman–Crippen LogP) is 2.20. The summed E-state index contributed by atoms with van der Waals surface area (Å²) in [4.78, 5) is 22.5. The first kappa shape index (κ1) is 14.7. The monoisotopic (exact) mass is 289 g/mol. The van der Waals surface area contributed by atoms with Gasteiger partial charge < -0.3 is 15.5 Å². The fourth-order valence-corrected chi connectivity index (χ4v) is 1.76. The largest absolute Gasteiger partial charge is 0.478 e. The molecule has 5 nitrogen and oxygen atoms in total. The second-order valence-corrected chi connectivity index (χ2v) is 4.30. The molecule has 0 aliphatic heterocycles. The molecule has 2 aromatic carbocycles. The van der Waals surface area contributed by atoms with Crippen LogP contribution in [0.1, 0.15) is 22.0 Å². The number of aliphatic hydroxyl groups is 1. The third-order valence-corrected chi connectivity index (χ3v) is 2.83. The Kier molecular flexibility index (Phi) is 4.30. The van der Waals surface area contributed by atoms with Gasteiger partial charge in [-0.15, -0.1) is 0 Å². The average molecular weight is 289 g/mol. The molecular weight excluding hydrogens is 277 g/mol. The fourth-order valence-electron chi connectivity index (χ4n) is 1.76. The van der Waals surface area contributed by atoms with Crippen molar-refractivity contribution >= 4 is 17.6 Å². The fraction of sp³-hybridized carbons (Fsp3) is 0.0667. The minimum Gasteiger partial charge on any atom is -0.478 e. The number of halogens is 1. The van der Waals surface area contributed by atoms with Gasteiger partial charge in [0.05, 0.1) is 5.56 Å². The zero-order chi connectivity index (χ0) is 15.4. The third kappa shape index (κ3) is 3.43. The maximum atomic E-state index is 13.5.